The molecule has 0 bridgehead atoms. The highest BCUT2D eigenvalue weighted by molar-refractivity contribution is 5.52. The number of rotatable bonds is 6. The molecular weight excluding hydrogens is 226 g/mol. The van der Waals surface area contributed by atoms with E-state index in [-0.39, 0.29) is 6.61 Å². The number of nitrogens with zero attached hydrogens (tertiary/aromatic N) is 1. The van der Waals surface area contributed by atoms with Crippen LogP contribution in [0.2, 0.25) is 0 Å². The second-order valence-corrected chi connectivity index (χ2v) is 5.22. The first-order valence-electron chi connectivity index (χ1n) is 6.46. The smallest absolute Gasteiger partial charge is 0.121 e. The van der Waals surface area contributed by atoms with Crippen molar-refractivity contribution in [1.29, 1.82) is 0 Å². The first-order valence-corrected chi connectivity index (χ1v) is 6.46. The third kappa shape index (κ3) is 3.64. The summed E-state index contributed by atoms with van der Waals surface area (Å²) in [5.74, 6) is 1.70. The number of aryl methyl sites for hydroxylation is 1. The van der Waals surface area contributed by atoms with E-state index >= 15 is 0 Å². The van der Waals surface area contributed by atoms with Crippen molar-refractivity contribution in [1.82, 2.24) is 0 Å². The van der Waals surface area contributed by atoms with Crippen LogP contribution >= 0.6 is 0 Å². The summed E-state index contributed by atoms with van der Waals surface area (Å²) in [6, 6.07) is 6.17. The van der Waals surface area contributed by atoms with E-state index in [1.54, 1.807) is 7.11 Å². The van der Waals surface area contributed by atoms with Gasteiger partial charge in [0, 0.05) is 31.8 Å². The van der Waals surface area contributed by atoms with Gasteiger partial charge in [-0.2, -0.15) is 0 Å². The molecule has 3 heteroatoms. The van der Waals surface area contributed by atoms with Crippen LogP contribution < -0.4 is 9.64 Å². The van der Waals surface area contributed by atoms with Crippen LogP contribution in [0.4, 0.5) is 5.69 Å². The molecule has 1 atom stereocenters. The first kappa shape index (κ1) is 14.8. The Morgan fingerprint density at radius 3 is 2.44 bits per heavy atom. The molecule has 0 saturated carbocycles. The zero-order chi connectivity index (χ0) is 13.7. The first-order chi connectivity index (χ1) is 8.49. The second-order valence-electron chi connectivity index (χ2n) is 5.22. The molecule has 1 N–H and O–H groups in total. The molecule has 1 unspecified atom stereocenters. The van der Waals surface area contributed by atoms with Gasteiger partial charge in [-0.3, -0.25) is 0 Å². The Kier molecular flexibility index (Phi) is 5.48. The molecule has 102 valence electrons. The summed E-state index contributed by atoms with van der Waals surface area (Å²) in [4.78, 5) is 2.19. The number of hydrogen-bond donors (Lipinski definition) is 1. The van der Waals surface area contributed by atoms with E-state index in [1.807, 2.05) is 13.0 Å². The standard InChI is InChI=1S/C15H25NO2/c1-11(2)13(10-17)9-16(4)14-6-7-15(18-5)12(3)8-14/h6-8,11,13,17H,9-10H2,1-5H3. The topological polar surface area (TPSA) is 32.7 Å². The van der Waals surface area contributed by atoms with Crippen LogP contribution in [0, 0.1) is 18.8 Å². The molecule has 3 nitrogen and oxygen atoms in total. The number of aliphatic hydroxyl groups excluding tert-OH is 1. The quantitative estimate of drug-likeness (QED) is 0.844. The Balaban J connectivity index is 2.77. The van der Waals surface area contributed by atoms with Crippen LogP contribution in [0.15, 0.2) is 18.2 Å². The van der Waals surface area contributed by atoms with Gasteiger partial charge in [-0.25, -0.2) is 0 Å². The molecule has 0 amide bonds. The summed E-state index contributed by atoms with van der Waals surface area (Å²) < 4.78 is 5.26. The van der Waals surface area contributed by atoms with Crippen LogP contribution in [0.5, 0.6) is 5.75 Å². The predicted octanol–water partition coefficient (Wildman–Crippen LogP) is 2.70. The molecule has 0 fully saturated rings. The lowest BCUT2D eigenvalue weighted by Gasteiger charge is -2.27. The van der Waals surface area contributed by atoms with E-state index in [0.717, 1.165) is 23.5 Å². The largest absolute Gasteiger partial charge is 0.496 e. The zero-order valence-corrected chi connectivity index (χ0v) is 12.1. The number of hydrogen-bond acceptors (Lipinski definition) is 3. The average molecular weight is 251 g/mol. The van der Waals surface area contributed by atoms with Gasteiger partial charge in [0.25, 0.3) is 0 Å². The van der Waals surface area contributed by atoms with Crippen molar-refractivity contribution in [3.05, 3.63) is 23.8 Å². The van der Waals surface area contributed by atoms with E-state index in [2.05, 4.69) is 37.9 Å². The van der Waals surface area contributed by atoms with E-state index in [0.29, 0.717) is 11.8 Å². The molecule has 0 aromatic heterocycles. The predicted molar refractivity (Wildman–Crippen MR) is 76.4 cm³/mol. The highest BCUT2D eigenvalue weighted by atomic mass is 16.5. The van der Waals surface area contributed by atoms with Crippen molar-refractivity contribution < 1.29 is 9.84 Å². The van der Waals surface area contributed by atoms with Crippen LogP contribution in [-0.4, -0.2) is 32.4 Å². The third-order valence-electron chi connectivity index (χ3n) is 3.50. The van der Waals surface area contributed by atoms with Crippen molar-refractivity contribution in [3.63, 3.8) is 0 Å². The van der Waals surface area contributed by atoms with E-state index in [1.165, 1.54) is 0 Å². The fourth-order valence-corrected chi connectivity index (χ4v) is 2.04. The minimum absolute atomic E-state index is 0.233. The number of methoxy groups -OCH3 is 1. The molecular formula is C15H25NO2. The second kappa shape index (κ2) is 6.64. The molecule has 1 aromatic rings. The molecule has 0 aliphatic carbocycles. The van der Waals surface area contributed by atoms with Crippen molar-refractivity contribution in [2.45, 2.75) is 20.8 Å². The Hall–Kier alpha value is -1.22. The van der Waals surface area contributed by atoms with Gasteiger partial charge >= 0.3 is 0 Å². The molecule has 0 heterocycles. The number of anilines is 1. The van der Waals surface area contributed by atoms with E-state index in [4.69, 9.17) is 4.74 Å². The lowest BCUT2D eigenvalue weighted by Crippen LogP contribution is -2.30. The van der Waals surface area contributed by atoms with Crippen LogP contribution in [-0.2, 0) is 0 Å². The highest BCUT2D eigenvalue weighted by Crippen LogP contribution is 2.24. The van der Waals surface area contributed by atoms with Crippen LogP contribution in [0.1, 0.15) is 19.4 Å². The van der Waals surface area contributed by atoms with Gasteiger partial charge in [-0.05, 0) is 36.6 Å². The molecule has 0 spiro atoms. The maximum absolute atomic E-state index is 9.38. The summed E-state index contributed by atoms with van der Waals surface area (Å²) in [5.41, 5.74) is 2.29. The van der Waals surface area contributed by atoms with Gasteiger partial charge in [0.05, 0.1) is 7.11 Å². The molecule has 1 aromatic carbocycles. The molecule has 0 aliphatic heterocycles. The van der Waals surface area contributed by atoms with Gasteiger partial charge < -0.3 is 14.7 Å². The summed E-state index contributed by atoms with van der Waals surface area (Å²) in [5, 5.41) is 9.38. The lowest BCUT2D eigenvalue weighted by atomic mass is 9.96. The molecule has 18 heavy (non-hydrogen) atoms. The maximum atomic E-state index is 9.38. The van der Waals surface area contributed by atoms with Crippen LogP contribution in [0.3, 0.4) is 0 Å². The molecule has 1 rings (SSSR count). The monoisotopic (exact) mass is 251 g/mol. The van der Waals surface area contributed by atoms with Crippen molar-refractivity contribution >= 4 is 5.69 Å². The fourth-order valence-electron chi connectivity index (χ4n) is 2.04. The van der Waals surface area contributed by atoms with Gasteiger partial charge in [0.15, 0.2) is 0 Å². The zero-order valence-electron chi connectivity index (χ0n) is 12.1. The molecule has 0 radical (unpaired) electrons. The normalized spacial score (nSPS) is 12.6. The highest BCUT2D eigenvalue weighted by Gasteiger charge is 2.15. The summed E-state index contributed by atoms with van der Waals surface area (Å²) >= 11 is 0. The molecule has 0 saturated heterocycles. The third-order valence-corrected chi connectivity index (χ3v) is 3.50. The minimum atomic E-state index is 0.233. The number of benzene rings is 1. The van der Waals surface area contributed by atoms with Crippen LogP contribution in [0.25, 0.3) is 0 Å². The Labute approximate surface area is 110 Å². The summed E-state index contributed by atoms with van der Waals surface area (Å²) in [7, 11) is 3.75. The van der Waals surface area contributed by atoms with E-state index < -0.39 is 0 Å². The van der Waals surface area contributed by atoms with Gasteiger partial charge in [-0.15, -0.1) is 0 Å². The van der Waals surface area contributed by atoms with Gasteiger partial charge in [0.1, 0.15) is 5.75 Å². The fraction of sp³-hybridized carbons (Fsp3) is 0.600. The van der Waals surface area contributed by atoms with Crippen molar-refractivity contribution in [2.75, 3.05) is 32.2 Å². The summed E-state index contributed by atoms with van der Waals surface area (Å²) in [6.07, 6.45) is 0. The lowest BCUT2D eigenvalue weighted by molar-refractivity contribution is 0.193. The van der Waals surface area contributed by atoms with Crippen molar-refractivity contribution in [3.8, 4) is 5.75 Å². The van der Waals surface area contributed by atoms with Crippen molar-refractivity contribution in [2.24, 2.45) is 11.8 Å². The summed E-state index contributed by atoms with van der Waals surface area (Å²) in [6.45, 7) is 7.43. The Morgan fingerprint density at radius 2 is 2.00 bits per heavy atom. The van der Waals surface area contributed by atoms with Gasteiger partial charge in [-0.1, -0.05) is 13.8 Å². The average Bonchev–Trinajstić information content (AvgIpc) is 2.35. The Morgan fingerprint density at radius 1 is 1.33 bits per heavy atom. The molecule has 0 aliphatic rings. The Bertz CT molecular complexity index is 377. The SMILES string of the molecule is COc1ccc(N(C)CC(CO)C(C)C)cc1C. The number of aliphatic hydroxyl groups is 1. The minimum Gasteiger partial charge on any atom is -0.496 e. The van der Waals surface area contributed by atoms with E-state index in [9.17, 15) is 5.11 Å². The number of ether oxygens (including phenoxy) is 1. The maximum Gasteiger partial charge on any atom is 0.121 e. The van der Waals surface area contributed by atoms with Gasteiger partial charge in [0.2, 0.25) is 0 Å².